The van der Waals surface area contributed by atoms with Gasteiger partial charge in [-0.15, -0.1) is 0 Å². The zero-order chi connectivity index (χ0) is 12.0. The number of hydrogen-bond acceptors (Lipinski definition) is 2. The predicted octanol–water partition coefficient (Wildman–Crippen LogP) is 0.105. The van der Waals surface area contributed by atoms with E-state index in [0.717, 1.165) is 0 Å². The van der Waals surface area contributed by atoms with Crippen LogP contribution in [0.2, 0.25) is 5.31 Å². The van der Waals surface area contributed by atoms with E-state index in [1.807, 2.05) is 0 Å². The van der Waals surface area contributed by atoms with Crippen molar-refractivity contribution in [1.29, 1.82) is 0 Å². The number of ether oxygens (including phenoxy) is 1. The Hall–Kier alpha value is 0.961. The average Bonchev–Trinajstić information content (AvgIpc) is 2.29. The molecule has 0 heterocycles. The van der Waals surface area contributed by atoms with Gasteiger partial charge >= 0.3 is 64.3 Å². The van der Waals surface area contributed by atoms with Crippen LogP contribution in [0.15, 0.2) is 0 Å². The molecule has 0 unspecified atom stereocenters. The maximum atomic E-state index is 13.0. The largest absolute Gasteiger partial charge is 1.00 e. The first-order valence-electron chi connectivity index (χ1n) is 5.63. The third-order valence-corrected chi connectivity index (χ3v) is 4.62. The van der Waals surface area contributed by atoms with Crippen LogP contribution in [0.1, 0.15) is 38.5 Å². The van der Waals surface area contributed by atoms with E-state index in [4.69, 9.17) is 4.74 Å². The summed E-state index contributed by atoms with van der Waals surface area (Å²) in [6, 6.07) is 0. The molecule has 2 nitrogen and oxygen atoms in total. The Balaban J connectivity index is 0.00000144. The van der Waals surface area contributed by atoms with E-state index in [1.54, 1.807) is 0 Å². The van der Waals surface area contributed by atoms with Crippen LogP contribution in [0, 0.1) is 5.41 Å². The first-order valence-corrected chi connectivity index (χ1v) is 5.63. The predicted molar refractivity (Wildman–Crippen MR) is 53.9 cm³/mol. The normalized spacial score (nSPS) is 36.2. The molecule has 0 spiro atoms. The first-order chi connectivity index (χ1) is 7.35. The minimum Gasteiger partial charge on any atom is -0.469 e. The molecule has 3 aliphatic rings. The van der Waals surface area contributed by atoms with Crippen molar-refractivity contribution >= 4 is 12.9 Å². The fraction of sp³-hybridized carbons (Fsp3) is 0.900. The molecule has 3 fully saturated rings. The summed E-state index contributed by atoms with van der Waals surface area (Å²) in [5.74, 6) is -0.324. The van der Waals surface area contributed by atoms with Crippen molar-refractivity contribution in [2.75, 3.05) is 7.11 Å². The number of methoxy groups -OCH3 is 1. The molecule has 3 aliphatic carbocycles. The Morgan fingerprint density at radius 1 is 1.06 bits per heavy atom. The van der Waals surface area contributed by atoms with Crippen LogP contribution < -0.4 is 51.4 Å². The third-order valence-electron chi connectivity index (χ3n) is 4.62. The van der Waals surface area contributed by atoms with Crippen molar-refractivity contribution in [3.63, 3.8) is 0 Å². The van der Waals surface area contributed by atoms with E-state index in [0.29, 0.717) is 19.3 Å². The van der Waals surface area contributed by atoms with Crippen LogP contribution in [0.5, 0.6) is 0 Å². The van der Waals surface area contributed by atoms with Gasteiger partial charge in [-0.05, 0) is 19.3 Å². The molecule has 0 aromatic rings. The number of carbonyl (C=O) groups excluding carboxylic acids is 1. The summed E-state index contributed by atoms with van der Waals surface area (Å²) in [5, 5.41) is -1.46. The average molecular weight is 274 g/mol. The molecule has 3 saturated carbocycles. The van der Waals surface area contributed by atoms with Crippen LogP contribution in [-0.4, -0.2) is 20.1 Å². The van der Waals surface area contributed by atoms with Crippen molar-refractivity contribution in [2.24, 2.45) is 5.41 Å². The zero-order valence-corrected chi connectivity index (χ0v) is 13.4. The molecular formula is C10H15BF3KO2. The van der Waals surface area contributed by atoms with Crippen molar-refractivity contribution < 1.29 is 73.9 Å². The van der Waals surface area contributed by atoms with Crippen molar-refractivity contribution in [1.82, 2.24) is 0 Å². The summed E-state index contributed by atoms with van der Waals surface area (Å²) < 4.78 is 43.6. The second kappa shape index (κ2) is 5.15. The number of fused-ring (bicyclic) bond motifs is 3. The Labute approximate surface area is 142 Å². The molecule has 7 heteroatoms. The number of halogens is 3. The second-order valence-corrected chi connectivity index (χ2v) is 5.21. The molecule has 0 saturated heterocycles. The fourth-order valence-corrected chi connectivity index (χ4v) is 3.23. The van der Waals surface area contributed by atoms with E-state index >= 15 is 0 Å². The van der Waals surface area contributed by atoms with Gasteiger partial charge in [0.1, 0.15) is 0 Å². The summed E-state index contributed by atoms with van der Waals surface area (Å²) >= 11 is 0. The SMILES string of the molecule is COC(=O)C12CCC([B-](F)(F)F)(CC1)CC2.[K+]. The van der Waals surface area contributed by atoms with Crippen LogP contribution >= 0.6 is 0 Å². The molecule has 2 bridgehead atoms. The van der Waals surface area contributed by atoms with Crippen LogP contribution in [0.25, 0.3) is 0 Å². The Morgan fingerprint density at radius 2 is 1.47 bits per heavy atom. The van der Waals surface area contributed by atoms with Crippen molar-refractivity contribution in [3.05, 3.63) is 0 Å². The van der Waals surface area contributed by atoms with Gasteiger partial charge < -0.3 is 17.7 Å². The second-order valence-electron chi connectivity index (χ2n) is 5.21. The summed E-state index contributed by atoms with van der Waals surface area (Å²) in [4.78, 5) is 11.6. The maximum Gasteiger partial charge on any atom is 1.00 e. The third kappa shape index (κ3) is 2.50. The number of rotatable bonds is 2. The molecule has 0 aromatic heterocycles. The molecule has 0 N–H and O–H groups in total. The van der Waals surface area contributed by atoms with Gasteiger partial charge in [0, 0.05) is 0 Å². The Kier molecular flexibility index (Phi) is 4.85. The smallest absolute Gasteiger partial charge is 0.469 e. The molecule has 0 radical (unpaired) electrons. The van der Waals surface area contributed by atoms with Gasteiger partial charge in [0.2, 0.25) is 0 Å². The number of carbonyl (C=O) groups is 1. The molecule has 3 rings (SSSR count). The van der Waals surface area contributed by atoms with Gasteiger partial charge in [-0.1, -0.05) is 24.6 Å². The maximum absolute atomic E-state index is 13.0. The minimum absolute atomic E-state index is 0. The zero-order valence-electron chi connectivity index (χ0n) is 10.3. The van der Waals surface area contributed by atoms with E-state index in [-0.39, 0.29) is 76.6 Å². The fourth-order valence-electron chi connectivity index (χ4n) is 3.23. The Bertz CT molecular complexity index is 295. The number of hydrogen-bond donors (Lipinski definition) is 0. The molecule has 0 aliphatic heterocycles. The number of esters is 1. The topological polar surface area (TPSA) is 26.3 Å². The van der Waals surface area contributed by atoms with Gasteiger partial charge in [0.25, 0.3) is 0 Å². The van der Waals surface area contributed by atoms with Gasteiger partial charge in [-0.25, -0.2) is 0 Å². The van der Waals surface area contributed by atoms with Crippen molar-refractivity contribution in [2.45, 2.75) is 43.8 Å². The molecule has 0 aromatic carbocycles. The molecule has 17 heavy (non-hydrogen) atoms. The van der Waals surface area contributed by atoms with E-state index < -0.39 is 17.7 Å². The molecular weight excluding hydrogens is 259 g/mol. The van der Waals surface area contributed by atoms with Crippen molar-refractivity contribution in [3.8, 4) is 0 Å². The standard InChI is InChI=1S/C10H15BF3O2.K/c1-16-8(15)9-2-5-10(6-3-9,7-4-9)11(12,13)14;/h2-7H2,1H3;/q-1;+1. The van der Waals surface area contributed by atoms with Crippen LogP contribution in [0.3, 0.4) is 0 Å². The summed E-state index contributed by atoms with van der Waals surface area (Å²) in [5.41, 5.74) is -0.613. The van der Waals surface area contributed by atoms with E-state index in [9.17, 15) is 17.7 Å². The molecule has 92 valence electrons. The van der Waals surface area contributed by atoms with Crippen LogP contribution in [-0.2, 0) is 9.53 Å². The first kappa shape index (κ1) is 16.0. The minimum atomic E-state index is -4.79. The van der Waals surface area contributed by atoms with Gasteiger partial charge in [0.05, 0.1) is 12.5 Å². The summed E-state index contributed by atoms with van der Waals surface area (Å²) in [7, 11) is 1.31. The Morgan fingerprint density at radius 3 is 1.76 bits per heavy atom. The van der Waals surface area contributed by atoms with Gasteiger partial charge in [-0.3, -0.25) is 4.79 Å². The summed E-state index contributed by atoms with van der Waals surface area (Å²) in [6.07, 6.45) is 1.31. The summed E-state index contributed by atoms with van der Waals surface area (Å²) in [6.45, 7) is -4.79. The molecule has 0 amide bonds. The van der Waals surface area contributed by atoms with E-state index in [1.165, 1.54) is 7.11 Å². The monoisotopic (exact) mass is 274 g/mol. The van der Waals surface area contributed by atoms with Gasteiger partial charge in [-0.2, -0.15) is 0 Å². The van der Waals surface area contributed by atoms with E-state index in [2.05, 4.69) is 0 Å². The van der Waals surface area contributed by atoms with Gasteiger partial charge in [0.15, 0.2) is 0 Å². The molecule has 0 atom stereocenters. The quantitative estimate of drug-likeness (QED) is 0.527. The van der Waals surface area contributed by atoms with Crippen LogP contribution in [0.4, 0.5) is 12.9 Å².